The van der Waals surface area contributed by atoms with Gasteiger partial charge in [-0.05, 0) is 12.8 Å². The summed E-state index contributed by atoms with van der Waals surface area (Å²) in [6.45, 7) is 1.28. The van der Waals surface area contributed by atoms with E-state index < -0.39 is 11.6 Å². The van der Waals surface area contributed by atoms with Gasteiger partial charge in [0.2, 0.25) is 5.91 Å². The van der Waals surface area contributed by atoms with Gasteiger partial charge in [-0.2, -0.15) is 0 Å². The van der Waals surface area contributed by atoms with E-state index in [0.717, 1.165) is 6.07 Å². The van der Waals surface area contributed by atoms with Gasteiger partial charge in [0.15, 0.2) is 17.3 Å². The molecule has 0 unspecified atom stereocenters. The van der Waals surface area contributed by atoms with Crippen LogP contribution in [0.25, 0.3) is 0 Å². The molecule has 2 rings (SSSR count). The predicted molar refractivity (Wildman–Crippen MR) is 59.6 cm³/mol. The summed E-state index contributed by atoms with van der Waals surface area (Å²) in [5.74, 6) is -1.86. The Morgan fingerprint density at radius 1 is 1.47 bits per heavy atom. The second-order valence-corrected chi connectivity index (χ2v) is 4.07. The minimum absolute atomic E-state index is 0.146. The fourth-order valence-electron chi connectivity index (χ4n) is 2.09. The molecule has 0 spiro atoms. The van der Waals surface area contributed by atoms with E-state index in [1.807, 2.05) is 0 Å². The molecule has 0 atom stereocenters. The number of hydrogen-bond acceptors (Lipinski definition) is 3. The first-order valence-corrected chi connectivity index (χ1v) is 5.36. The maximum absolute atomic E-state index is 13.4. The van der Waals surface area contributed by atoms with Gasteiger partial charge >= 0.3 is 0 Å². The molecule has 5 heteroatoms. The zero-order valence-electron chi connectivity index (χ0n) is 9.34. The maximum atomic E-state index is 13.4. The topological polar surface area (TPSA) is 66.4 Å². The van der Waals surface area contributed by atoms with Crippen molar-refractivity contribution in [1.29, 1.82) is 0 Å². The van der Waals surface area contributed by atoms with Crippen LogP contribution < -0.4 is 5.32 Å². The summed E-state index contributed by atoms with van der Waals surface area (Å²) in [5, 5.41) is 12.0. The van der Waals surface area contributed by atoms with E-state index in [0.29, 0.717) is 24.8 Å². The van der Waals surface area contributed by atoms with Crippen molar-refractivity contribution in [1.82, 2.24) is 0 Å². The average Bonchev–Trinajstić information content (AvgIpc) is 2.24. The first kappa shape index (κ1) is 11.6. The first-order chi connectivity index (χ1) is 8.00. The van der Waals surface area contributed by atoms with Crippen molar-refractivity contribution >= 4 is 17.4 Å². The summed E-state index contributed by atoms with van der Waals surface area (Å²) in [6, 6.07) is 0.985. The van der Waals surface area contributed by atoms with E-state index in [9.17, 15) is 19.1 Å². The molecule has 0 aromatic heterocycles. The van der Waals surface area contributed by atoms with Crippen LogP contribution in [0.1, 0.15) is 35.7 Å². The molecule has 1 aromatic carbocycles. The third-order valence-corrected chi connectivity index (χ3v) is 2.77. The number of phenolic OH excluding ortho intramolecular Hbond substituents is 1. The number of phenols is 1. The number of hydrogen-bond donors (Lipinski definition) is 2. The average molecular weight is 237 g/mol. The Morgan fingerprint density at radius 3 is 2.82 bits per heavy atom. The van der Waals surface area contributed by atoms with Crippen LogP contribution in [-0.4, -0.2) is 16.8 Å². The smallest absolute Gasteiger partial charge is 0.221 e. The van der Waals surface area contributed by atoms with Gasteiger partial charge in [0.05, 0.1) is 5.69 Å². The van der Waals surface area contributed by atoms with Gasteiger partial charge in [0, 0.05) is 30.5 Å². The number of fused-ring (bicyclic) bond motifs is 1. The summed E-state index contributed by atoms with van der Waals surface area (Å²) in [7, 11) is 0. The molecule has 1 aromatic rings. The number of rotatable bonds is 1. The molecule has 0 bridgehead atoms. The number of halogens is 1. The Balaban J connectivity index is 2.63. The molecule has 17 heavy (non-hydrogen) atoms. The highest BCUT2D eigenvalue weighted by atomic mass is 19.1. The second-order valence-electron chi connectivity index (χ2n) is 4.07. The molecule has 0 aliphatic heterocycles. The molecular formula is C12H12FNO3. The predicted octanol–water partition coefficient (Wildman–Crippen LogP) is 2.01. The van der Waals surface area contributed by atoms with E-state index in [2.05, 4.69) is 5.32 Å². The lowest BCUT2D eigenvalue weighted by Gasteiger charge is -2.20. The molecule has 0 saturated heterocycles. The van der Waals surface area contributed by atoms with Gasteiger partial charge in [0.1, 0.15) is 0 Å². The van der Waals surface area contributed by atoms with Crippen LogP contribution >= 0.6 is 0 Å². The van der Waals surface area contributed by atoms with Gasteiger partial charge in [-0.15, -0.1) is 0 Å². The summed E-state index contributed by atoms with van der Waals surface area (Å²) >= 11 is 0. The monoisotopic (exact) mass is 237 g/mol. The summed E-state index contributed by atoms with van der Waals surface area (Å²) < 4.78 is 13.4. The largest absolute Gasteiger partial charge is 0.505 e. The number of amides is 1. The lowest BCUT2D eigenvalue weighted by Crippen LogP contribution is -2.17. The fraction of sp³-hybridized carbons (Fsp3) is 0.333. The van der Waals surface area contributed by atoms with Crippen molar-refractivity contribution in [3.8, 4) is 5.75 Å². The lowest BCUT2D eigenvalue weighted by molar-refractivity contribution is -0.114. The normalized spacial score (nSPS) is 14.4. The molecule has 4 nitrogen and oxygen atoms in total. The number of anilines is 1. The van der Waals surface area contributed by atoms with Gasteiger partial charge in [-0.1, -0.05) is 0 Å². The third kappa shape index (κ3) is 2.00. The highest BCUT2D eigenvalue weighted by molar-refractivity contribution is 6.07. The fourth-order valence-corrected chi connectivity index (χ4v) is 2.09. The summed E-state index contributed by atoms with van der Waals surface area (Å²) in [4.78, 5) is 22.8. The van der Waals surface area contributed by atoms with Crippen LogP contribution in [-0.2, 0) is 11.2 Å². The standard InChI is InChI=1S/C12H12FNO3/c1-6(15)14-9-5-8(13)12(17)7-3-2-4-10(16)11(7)9/h5,17H,2-4H2,1H3,(H,14,15). The van der Waals surface area contributed by atoms with Crippen molar-refractivity contribution in [2.75, 3.05) is 5.32 Å². The van der Waals surface area contributed by atoms with Crippen molar-refractivity contribution in [2.45, 2.75) is 26.2 Å². The van der Waals surface area contributed by atoms with E-state index in [-0.39, 0.29) is 22.9 Å². The molecule has 1 aliphatic carbocycles. The number of carbonyl (C=O) groups is 2. The van der Waals surface area contributed by atoms with Gasteiger partial charge in [-0.25, -0.2) is 4.39 Å². The van der Waals surface area contributed by atoms with E-state index >= 15 is 0 Å². The van der Waals surface area contributed by atoms with Gasteiger partial charge in [-0.3, -0.25) is 9.59 Å². The van der Waals surface area contributed by atoms with Crippen LogP contribution in [0, 0.1) is 5.82 Å². The number of benzene rings is 1. The molecule has 0 fully saturated rings. The molecule has 90 valence electrons. The highest BCUT2D eigenvalue weighted by Gasteiger charge is 2.26. The Hall–Kier alpha value is -1.91. The van der Waals surface area contributed by atoms with Crippen LogP contribution in [0.5, 0.6) is 5.75 Å². The van der Waals surface area contributed by atoms with Crippen molar-refractivity contribution in [2.24, 2.45) is 0 Å². The third-order valence-electron chi connectivity index (χ3n) is 2.77. The second kappa shape index (κ2) is 4.16. The molecular weight excluding hydrogens is 225 g/mol. The highest BCUT2D eigenvalue weighted by Crippen LogP contribution is 2.36. The molecule has 0 radical (unpaired) electrons. The number of aromatic hydroxyl groups is 1. The SMILES string of the molecule is CC(=O)Nc1cc(F)c(O)c2c1C(=O)CCC2. The zero-order chi connectivity index (χ0) is 12.6. The Morgan fingerprint density at radius 2 is 2.18 bits per heavy atom. The maximum Gasteiger partial charge on any atom is 0.221 e. The first-order valence-electron chi connectivity index (χ1n) is 5.36. The van der Waals surface area contributed by atoms with Crippen molar-refractivity contribution in [3.05, 3.63) is 23.0 Å². The van der Waals surface area contributed by atoms with Crippen LogP contribution in [0.4, 0.5) is 10.1 Å². The van der Waals surface area contributed by atoms with E-state index in [4.69, 9.17) is 0 Å². The number of carbonyl (C=O) groups excluding carboxylic acids is 2. The van der Waals surface area contributed by atoms with Gasteiger partial charge < -0.3 is 10.4 Å². The van der Waals surface area contributed by atoms with Gasteiger partial charge in [0.25, 0.3) is 0 Å². The summed E-state index contributed by atoms with van der Waals surface area (Å²) in [6.07, 6.45) is 1.38. The van der Waals surface area contributed by atoms with Crippen molar-refractivity contribution in [3.63, 3.8) is 0 Å². The zero-order valence-corrected chi connectivity index (χ0v) is 9.34. The minimum atomic E-state index is -0.817. The van der Waals surface area contributed by atoms with Crippen molar-refractivity contribution < 1.29 is 19.1 Å². The Bertz CT molecular complexity index is 511. The quantitative estimate of drug-likeness (QED) is 0.734. The molecule has 1 amide bonds. The number of nitrogens with one attached hydrogen (secondary N) is 1. The Kier molecular flexibility index (Phi) is 2.83. The van der Waals surface area contributed by atoms with Crippen LogP contribution in [0.2, 0.25) is 0 Å². The van der Waals surface area contributed by atoms with E-state index in [1.54, 1.807) is 0 Å². The van der Waals surface area contributed by atoms with Crippen LogP contribution in [0.15, 0.2) is 6.07 Å². The van der Waals surface area contributed by atoms with E-state index in [1.165, 1.54) is 6.92 Å². The lowest BCUT2D eigenvalue weighted by atomic mass is 9.88. The molecule has 1 aliphatic rings. The molecule has 2 N–H and O–H groups in total. The number of Topliss-reactive ketones (excluding diaryl/α,β-unsaturated/α-hetero) is 1. The summed E-state index contributed by atoms with van der Waals surface area (Å²) in [5.41, 5.74) is 0.683. The van der Waals surface area contributed by atoms with Crippen LogP contribution in [0.3, 0.4) is 0 Å². The minimum Gasteiger partial charge on any atom is -0.505 e. The molecule has 0 saturated carbocycles. The Labute approximate surface area is 97.4 Å². The molecule has 0 heterocycles. The number of ketones is 1.